The first-order chi connectivity index (χ1) is 12.4. The second kappa shape index (κ2) is 9.35. The van der Waals surface area contributed by atoms with Crippen LogP contribution in [0.1, 0.15) is 22.8 Å². The lowest BCUT2D eigenvalue weighted by molar-refractivity contribution is 0.101. The van der Waals surface area contributed by atoms with E-state index in [1.54, 1.807) is 18.2 Å². The first kappa shape index (κ1) is 19.9. The van der Waals surface area contributed by atoms with Crippen molar-refractivity contribution >= 4 is 23.2 Å². The van der Waals surface area contributed by atoms with Gasteiger partial charge in [-0.2, -0.15) is 0 Å². The van der Waals surface area contributed by atoms with Crippen molar-refractivity contribution in [2.45, 2.75) is 13.8 Å². The SMILES string of the molecule is CCOc1ncnc(OCCN(C)C)c1C(=O)Nc1ccc(Cl)c(C)c1. The van der Waals surface area contributed by atoms with Gasteiger partial charge in [0.05, 0.1) is 6.61 Å². The van der Waals surface area contributed by atoms with Gasteiger partial charge in [-0.05, 0) is 51.7 Å². The van der Waals surface area contributed by atoms with Gasteiger partial charge in [-0.3, -0.25) is 4.79 Å². The molecule has 0 spiro atoms. The van der Waals surface area contributed by atoms with Crippen molar-refractivity contribution in [1.29, 1.82) is 0 Å². The summed E-state index contributed by atoms with van der Waals surface area (Å²) in [5, 5.41) is 3.45. The highest BCUT2D eigenvalue weighted by Gasteiger charge is 2.22. The number of hydrogen-bond donors (Lipinski definition) is 1. The Bertz CT molecular complexity index is 768. The maximum Gasteiger partial charge on any atom is 0.266 e. The largest absolute Gasteiger partial charge is 0.477 e. The van der Waals surface area contributed by atoms with Gasteiger partial charge in [0.1, 0.15) is 12.9 Å². The number of carbonyl (C=O) groups excluding carboxylic acids is 1. The van der Waals surface area contributed by atoms with Gasteiger partial charge in [0, 0.05) is 17.3 Å². The van der Waals surface area contributed by atoms with E-state index in [4.69, 9.17) is 21.1 Å². The fourth-order valence-electron chi connectivity index (χ4n) is 2.15. The molecule has 1 N–H and O–H groups in total. The van der Waals surface area contributed by atoms with Crippen LogP contribution in [0.15, 0.2) is 24.5 Å². The number of rotatable bonds is 8. The Morgan fingerprint density at radius 3 is 2.54 bits per heavy atom. The lowest BCUT2D eigenvalue weighted by Gasteiger charge is -2.15. The average Bonchev–Trinajstić information content (AvgIpc) is 2.58. The van der Waals surface area contributed by atoms with Gasteiger partial charge in [-0.25, -0.2) is 9.97 Å². The Balaban J connectivity index is 2.27. The molecule has 0 aliphatic carbocycles. The molecule has 0 unspecified atom stereocenters. The van der Waals surface area contributed by atoms with E-state index < -0.39 is 5.91 Å². The molecule has 0 aliphatic rings. The summed E-state index contributed by atoms with van der Waals surface area (Å²) in [7, 11) is 3.87. The van der Waals surface area contributed by atoms with Crippen LogP contribution in [-0.2, 0) is 0 Å². The molecule has 0 aliphatic heterocycles. The fraction of sp³-hybridized carbons (Fsp3) is 0.389. The van der Waals surface area contributed by atoms with Crippen LogP contribution in [0, 0.1) is 6.92 Å². The molecule has 26 heavy (non-hydrogen) atoms. The summed E-state index contributed by atoms with van der Waals surface area (Å²) in [4.78, 5) is 23.0. The molecule has 2 rings (SSSR count). The molecule has 8 heteroatoms. The minimum atomic E-state index is -0.407. The zero-order chi connectivity index (χ0) is 19.1. The molecule has 7 nitrogen and oxygen atoms in total. The number of halogens is 1. The number of nitrogens with zero attached hydrogens (tertiary/aromatic N) is 3. The molecule has 0 saturated heterocycles. The zero-order valence-electron chi connectivity index (χ0n) is 15.4. The van der Waals surface area contributed by atoms with E-state index in [1.165, 1.54) is 6.33 Å². The first-order valence-electron chi connectivity index (χ1n) is 8.25. The Morgan fingerprint density at radius 1 is 1.23 bits per heavy atom. The third-order valence-electron chi connectivity index (χ3n) is 3.48. The molecule has 0 fully saturated rings. The van der Waals surface area contributed by atoms with Crippen LogP contribution < -0.4 is 14.8 Å². The third-order valence-corrected chi connectivity index (χ3v) is 3.90. The first-order valence-corrected chi connectivity index (χ1v) is 8.63. The van der Waals surface area contributed by atoms with Crippen LogP contribution in [0.4, 0.5) is 5.69 Å². The molecule has 1 amide bonds. The molecule has 2 aromatic rings. The van der Waals surface area contributed by atoms with Crippen LogP contribution in [-0.4, -0.2) is 54.6 Å². The summed E-state index contributed by atoms with van der Waals surface area (Å²) >= 11 is 6.03. The lowest BCUT2D eigenvalue weighted by atomic mass is 10.2. The second-order valence-electron chi connectivity index (χ2n) is 5.86. The van der Waals surface area contributed by atoms with Crippen LogP contribution in [0.5, 0.6) is 11.8 Å². The Hall–Kier alpha value is -2.38. The minimum absolute atomic E-state index is 0.167. The van der Waals surface area contributed by atoms with Gasteiger partial charge in [0.15, 0.2) is 5.56 Å². The summed E-state index contributed by atoms with van der Waals surface area (Å²) in [5.74, 6) is -0.0327. The van der Waals surface area contributed by atoms with E-state index in [1.807, 2.05) is 32.8 Å². The van der Waals surface area contributed by atoms with Crippen LogP contribution >= 0.6 is 11.6 Å². The van der Waals surface area contributed by atoms with E-state index in [0.29, 0.717) is 30.5 Å². The van der Waals surface area contributed by atoms with E-state index in [9.17, 15) is 4.79 Å². The maximum atomic E-state index is 12.8. The highest BCUT2D eigenvalue weighted by molar-refractivity contribution is 6.31. The molecule has 1 aromatic carbocycles. The molecule has 0 radical (unpaired) electrons. The third kappa shape index (κ3) is 5.31. The number of aryl methyl sites for hydroxylation is 1. The number of aromatic nitrogens is 2. The van der Waals surface area contributed by atoms with Crippen molar-refractivity contribution in [3.8, 4) is 11.8 Å². The molecule has 1 aromatic heterocycles. The predicted molar refractivity (Wildman–Crippen MR) is 101 cm³/mol. The molecule has 0 atom stereocenters. The van der Waals surface area contributed by atoms with Gasteiger partial charge < -0.3 is 19.7 Å². The highest BCUT2D eigenvalue weighted by atomic mass is 35.5. The normalized spacial score (nSPS) is 10.7. The van der Waals surface area contributed by atoms with Gasteiger partial charge in [-0.15, -0.1) is 0 Å². The topological polar surface area (TPSA) is 76.6 Å². The molecule has 0 saturated carbocycles. The minimum Gasteiger partial charge on any atom is -0.477 e. The van der Waals surface area contributed by atoms with E-state index in [-0.39, 0.29) is 17.3 Å². The van der Waals surface area contributed by atoms with Crippen LogP contribution in [0.3, 0.4) is 0 Å². The van der Waals surface area contributed by atoms with Gasteiger partial charge in [0.25, 0.3) is 5.91 Å². The summed E-state index contributed by atoms with van der Waals surface area (Å²) in [6, 6.07) is 5.24. The Morgan fingerprint density at radius 2 is 1.92 bits per heavy atom. The van der Waals surface area contributed by atoms with E-state index >= 15 is 0 Å². The average molecular weight is 379 g/mol. The Labute approximate surface area is 158 Å². The molecular weight excluding hydrogens is 356 g/mol. The molecule has 0 bridgehead atoms. The predicted octanol–water partition coefficient (Wildman–Crippen LogP) is 3.03. The van der Waals surface area contributed by atoms with Crippen molar-refractivity contribution < 1.29 is 14.3 Å². The van der Waals surface area contributed by atoms with Crippen molar-refractivity contribution in [1.82, 2.24) is 14.9 Å². The number of anilines is 1. The summed E-state index contributed by atoms with van der Waals surface area (Å²) in [5.41, 5.74) is 1.64. The van der Waals surface area contributed by atoms with E-state index in [0.717, 1.165) is 5.56 Å². The van der Waals surface area contributed by atoms with Gasteiger partial charge >= 0.3 is 0 Å². The summed E-state index contributed by atoms with van der Waals surface area (Å²) < 4.78 is 11.2. The van der Waals surface area contributed by atoms with Crippen LogP contribution in [0.25, 0.3) is 0 Å². The van der Waals surface area contributed by atoms with Crippen molar-refractivity contribution in [3.05, 3.63) is 40.7 Å². The number of amides is 1. The number of carbonyl (C=O) groups is 1. The maximum absolute atomic E-state index is 12.8. The summed E-state index contributed by atoms with van der Waals surface area (Å²) in [6.45, 7) is 5.12. The van der Waals surface area contributed by atoms with Crippen molar-refractivity contribution in [3.63, 3.8) is 0 Å². The van der Waals surface area contributed by atoms with Gasteiger partial charge in [-0.1, -0.05) is 11.6 Å². The lowest BCUT2D eigenvalue weighted by Crippen LogP contribution is -2.22. The number of likely N-dealkylation sites (N-methyl/N-ethyl adjacent to an activating group) is 1. The van der Waals surface area contributed by atoms with Crippen molar-refractivity contribution in [2.75, 3.05) is 39.2 Å². The highest BCUT2D eigenvalue weighted by Crippen LogP contribution is 2.26. The Kier molecular flexibility index (Phi) is 7.17. The number of nitrogens with one attached hydrogen (secondary N) is 1. The second-order valence-corrected chi connectivity index (χ2v) is 6.27. The van der Waals surface area contributed by atoms with Crippen LogP contribution in [0.2, 0.25) is 5.02 Å². The number of ether oxygens (including phenoxy) is 2. The standard InChI is InChI=1S/C18H23ClN4O3/c1-5-25-17-15(18(21-11-20-17)26-9-8-23(3)4)16(24)22-13-6-7-14(19)12(2)10-13/h6-7,10-11H,5,8-9H2,1-4H3,(H,22,24). The number of hydrogen-bond acceptors (Lipinski definition) is 6. The smallest absolute Gasteiger partial charge is 0.266 e. The molecular formula is C18H23ClN4O3. The zero-order valence-corrected chi connectivity index (χ0v) is 16.1. The van der Waals surface area contributed by atoms with E-state index in [2.05, 4.69) is 15.3 Å². The molecule has 140 valence electrons. The quantitative estimate of drug-likeness (QED) is 0.760. The van der Waals surface area contributed by atoms with Gasteiger partial charge in [0.2, 0.25) is 11.8 Å². The van der Waals surface area contributed by atoms with Crippen molar-refractivity contribution in [2.24, 2.45) is 0 Å². The fourth-order valence-corrected chi connectivity index (χ4v) is 2.26. The number of benzene rings is 1. The molecule has 1 heterocycles. The summed E-state index contributed by atoms with van der Waals surface area (Å²) in [6.07, 6.45) is 1.32. The monoisotopic (exact) mass is 378 g/mol.